The Balaban J connectivity index is 0.833. The molecule has 2 N–H and O–H groups in total. The number of rotatable bonds is 7. The molecule has 0 radical (unpaired) electrons. The highest BCUT2D eigenvalue weighted by molar-refractivity contribution is 6.13. The molecule has 1 spiro atoms. The molecule has 7 heterocycles. The molecule has 1 aliphatic carbocycles. The number of amides is 4. The maximum atomic E-state index is 13.6. The Morgan fingerprint density at radius 2 is 1.61 bits per heavy atom. The van der Waals surface area contributed by atoms with E-state index >= 15 is 0 Å². The van der Waals surface area contributed by atoms with E-state index in [1.165, 1.54) is 0 Å². The number of hydrogen-bond acceptors (Lipinski definition) is 10. The van der Waals surface area contributed by atoms with E-state index in [0.29, 0.717) is 23.9 Å². The molecule has 4 amide bonds. The Morgan fingerprint density at radius 1 is 0.893 bits per heavy atom. The molecule has 56 heavy (non-hydrogen) atoms. The number of fused-ring (bicyclic) bond motifs is 2. The molecule has 0 unspecified atom stereocenters. The van der Waals surface area contributed by atoms with Crippen LogP contribution in [0, 0.1) is 5.41 Å². The van der Waals surface area contributed by atoms with Gasteiger partial charge >= 0.3 is 0 Å². The van der Waals surface area contributed by atoms with Gasteiger partial charge in [-0.3, -0.25) is 29.4 Å². The third kappa shape index (κ3) is 6.32. The van der Waals surface area contributed by atoms with E-state index in [0.717, 1.165) is 111 Å². The van der Waals surface area contributed by atoms with Crippen molar-refractivity contribution in [3.05, 3.63) is 60.0 Å². The van der Waals surface area contributed by atoms with Crippen LogP contribution in [0.3, 0.4) is 0 Å². The zero-order valence-corrected chi connectivity index (χ0v) is 32.5. The number of anilines is 5. The molecule has 2 atom stereocenters. The summed E-state index contributed by atoms with van der Waals surface area (Å²) >= 11 is 0. The largest absolute Gasteiger partial charge is 0.371 e. The summed E-state index contributed by atoms with van der Waals surface area (Å²) < 4.78 is 2.12. The van der Waals surface area contributed by atoms with E-state index in [-0.39, 0.29) is 41.5 Å². The number of piperidine rings is 3. The molecule has 9 rings (SSSR count). The molecule has 0 bridgehead atoms. The van der Waals surface area contributed by atoms with Gasteiger partial charge in [0.25, 0.3) is 5.91 Å². The molecule has 3 aromatic heterocycles. The first-order chi connectivity index (χ1) is 27.1. The summed E-state index contributed by atoms with van der Waals surface area (Å²) in [5.74, 6) is 0.00286. The molecule has 4 fully saturated rings. The van der Waals surface area contributed by atoms with E-state index in [1.54, 1.807) is 30.1 Å². The van der Waals surface area contributed by atoms with Gasteiger partial charge in [0.15, 0.2) is 0 Å². The average molecular weight is 759 g/mol. The fraction of sp³-hybridized carbons (Fsp3) is 0.500. The lowest BCUT2D eigenvalue weighted by molar-refractivity contribution is -0.135. The van der Waals surface area contributed by atoms with E-state index in [4.69, 9.17) is 9.97 Å². The lowest BCUT2D eigenvalue weighted by atomic mass is 9.71. The lowest BCUT2D eigenvalue weighted by Gasteiger charge is -2.48. The van der Waals surface area contributed by atoms with Crippen LogP contribution >= 0.6 is 0 Å². The quantitative estimate of drug-likeness (QED) is 0.231. The Morgan fingerprint density at radius 3 is 2.29 bits per heavy atom. The highest BCUT2D eigenvalue weighted by Crippen LogP contribution is 2.48. The Hall–Kier alpha value is -5.53. The van der Waals surface area contributed by atoms with Crippen molar-refractivity contribution in [1.82, 2.24) is 29.7 Å². The Bertz CT molecular complexity index is 2190. The normalized spacial score (nSPS) is 22.6. The number of nitrogens with zero attached hydrogens (tertiary/aromatic N) is 8. The minimum atomic E-state index is -0.656. The summed E-state index contributed by atoms with van der Waals surface area (Å²) in [4.78, 5) is 73.5. The lowest BCUT2D eigenvalue weighted by Crippen LogP contribution is -2.53. The van der Waals surface area contributed by atoms with Crippen LogP contribution in [0.25, 0.3) is 11.0 Å². The summed E-state index contributed by atoms with van der Waals surface area (Å²) in [7, 11) is 3.56. The zero-order chi connectivity index (χ0) is 38.7. The zero-order valence-electron chi connectivity index (χ0n) is 32.5. The molecule has 14 nitrogen and oxygen atoms in total. The second-order valence-corrected chi connectivity index (χ2v) is 16.6. The first-order valence-corrected chi connectivity index (χ1v) is 20.2. The van der Waals surface area contributed by atoms with Crippen molar-refractivity contribution in [1.29, 1.82) is 0 Å². The van der Waals surface area contributed by atoms with Crippen molar-refractivity contribution in [2.75, 3.05) is 60.3 Å². The highest BCUT2D eigenvalue weighted by Gasteiger charge is 2.45. The van der Waals surface area contributed by atoms with Gasteiger partial charge in [0.2, 0.25) is 23.7 Å². The topological polar surface area (TPSA) is 149 Å². The van der Waals surface area contributed by atoms with Gasteiger partial charge in [0.05, 0.1) is 23.5 Å². The molecular weight excluding hydrogens is 709 g/mol. The predicted octanol–water partition coefficient (Wildman–Crippen LogP) is 5.53. The van der Waals surface area contributed by atoms with E-state index < -0.39 is 11.9 Å². The number of imide groups is 1. The van der Waals surface area contributed by atoms with Crippen LogP contribution in [0.2, 0.25) is 0 Å². The SMILES string of the molecule is C[C@@H]1C(=O)N([C@@H]2CCC(=O)NC2=O)c2cccc(N3CCC4(CCN(c5ccc(Nc6ncc7cc(C(=O)N(C)C)n(C8CCCC8)c7n6)nc5)CC4)CC3)c21. The van der Waals surface area contributed by atoms with Crippen LogP contribution in [0.5, 0.6) is 0 Å². The van der Waals surface area contributed by atoms with Crippen molar-refractivity contribution in [2.45, 2.75) is 89.1 Å². The van der Waals surface area contributed by atoms with Gasteiger partial charge in [-0.25, -0.2) is 9.97 Å². The predicted molar refractivity (Wildman–Crippen MR) is 214 cm³/mol. The maximum absolute atomic E-state index is 13.6. The second-order valence-electron chi connectivity index (χ2n) is 16.6. The highest BCUT2D eigenvalue weighted by atomic mass is 16.2. The maximum Gasteiger partial charge on any atom is 0.270 e. The standard InChI is InChI=1S/C42H50N10O4/c1-26-36-30(9-6-10-31(36)52(39(26)55)32-12-14-35(53)46-38(32)54)50-21-17-42(18-22-50)15-19-49(20-16-42)29-11-13-34(43-25-29)45-41-44-24-27-23-33(40(56)48(2)3)51(37(27)47-41)28-7-4-5-8-28/h6,9-11,13,23-26,28,32H,4-5,7-8,12,14-22H2,1-3H3,(H,46,53,54)(H,43,44,45,47)/t26-,32+/m0/s1. The number of aromatic nitrogens is 4. The van der Waals surface area contributed by atoms with Gasteiger partial charge < -0.3 is 24.6 Å². The molecule has 1 aromatic carbocycles. The average Bonchev–Trinajstić information content (AvgIpc) is 3.93. The van der Waals surface area contributed by atoms with Crippen LogP contribution in [0.1, 0.15) is 99.1 Å². The fourth-order valence-corrected chi connectivity index (χ4v) is 9.89. The minimum Gasteiger partial charge on any atom is -0.371 e. The summed E-state index contributed by atoms with van der Waals surface area (Å²) in [6.45, 7) is 5.71. The summed E-state index contributed by atoms with van der Waals surface area (Å²) in [5.41, 5.74) is 5.69. The molecule has 4 aromatic rings. The molecule has 1 saturated carbocycles. The van der Waals surface area contributed by atoms with Crippen molar-refractivity contribution in [2.24, 2.45) is 5.41 Å². The van der Waals surface area contributed by atoms with Crippen molar-refractivity contribution >= 4 is 63.5 Å². The first kappa shape index (κ1) is 36.1. The molecule has 292 valence electrons. The third-order valence-electron chi connectivity index (χ3n) is 13.1. The number of carbonyl (C=O) groups excluding carboxylic acids is 4. The summed E-state index contributed by atoms with van der Waals surface area (Å²) in [6.07, 6.45) is 13.1. The van der Waals surface area contributed by atoms with Crippen LogP contribution in [0.15, 0.2) is 48.8 Å². The van der Waals surface area contributed by atoms with Crippen LogP contribution in [-0.2, 0) is 14.4 Å². The van der Waals surface area contributed by atoms with Gasteiger partial charge in [0.1, 0.15) is 23.2 Å². The molecule has 5 aliphatic rings. The summed E-state index contributed by atoms with van der Waals surface area (Å²) in [5, 5.41) is 6.58. The van der Waals surface area contributed by atoms with Crippen molar-refractivity contribution in [3.8, 4) is 0 Å². The van der Waals surface area contributed by atoms with Gasteiger partial charge in [0, 0.05) is 75.6 Å². The van der Waals surface area contributed by atoms with Gasteiger partial charge in [-0.2, -0.15) is 4.98 Å². The number of carbonyl (C=O) groups is 4. The molecule has 14 heteroatoms. The number of nitrogens with one attached hydrogen (secondary N) is 2. The van der Waals surface area contributed by atoms with Gasteiger partial charge in [-0.15, -0.1) is 0 Å². The van der Waals surface area contributed by atoms with Crippen LogP contribution < -0.4 is 25.3 Å². The Labute approximate surface area is 326 Å². The number of hydrogen-bond donors (Lipinski definition) is 2. The van der Waals surface area contributed by atoms with Crippen LogP contribution in [-0.4, -0.2) is 94.4 Å². The van der Waals surface area contributed by atoms with E-state index in [2.05, 4.69) is 42.1 Å². The molecule has 3 saturated heterocycles. The van der Waals surface area contributed by atoms with Gasteiger partial charge in [-0.05, 0) is 87.6 Å². The monoisotopic (exact) mass is 758 g/mol. The molecule has 4 aliphatic heterocycles. The second kappa shape index (κ2) is 14.2. The van der Waals surface area contributed by atoms with E-state index in [1.807, 2.05) is 37.4 Å². The van der Waals surface area contributed by atoms with E-state index in [9.17, 15) is 19.2 Å². The van der Waals surface area contributed by atoms with Crippen LogP contribution in [0.4, 0.5) is 28.8 Å². The van der Waals surface area contributed by atoms with Crippen molar-refractivity contribution < 1.29 is 19.2 Å². The summed E-state index contributed by atoms with van der Waals surface area (Å²) in [6, 6.07) is 11.6. The molecular formula is C42H50N10O4. The number of pyridine rings is 1. The Kier molecular flexibility index (Phi) is 9.16. The van der Waals surface area contributed by atoms with Gasteiger partial charge in [-0.1, -0.05) is 18.9 Å². The number of benzene rings is 1. The minimum absolute atomic E-state index is 0.0270. The third-order valence-corrected chi connectivity index (χ3v) is 13.1. The van der Waals surface area contributed by atoms with Crippen molar-refractivity contribution in [3.63, 3.8) is 0 Å². The fourth-order valence-electron chi connectivity index (χ4n) is 9.89. The smallest absolute Gasteiger partial charge is 0.270 e. The first-order valence-electron chi connectivity index (χ1n) is 20.2.